The number of thiophene rings is 1. The molecule has 0 amide bonds. The second kappa shape index (κ2) is 6.48. The van der Waals surface area contributed by atoms with Crippen LogP contribution in [0.5, 0.6) is 0 Å². The summed E-state index contributed by atoms with van der Waals surface area (Å²) in [6, 6.07) is 7.52. The second-order valence-electron chi connectivity index (χ2n) is 4.36. The van der Waals surface area contributed by atoms with E-state index in [-0.39, 0.29) is 11.9 Å². The molecular weight excluding hydrogens is 393 g/mol. The summed E-state index contributed by atoms with van der Waals surface area (Å²) in [5, 5.41) is 3.30. The summed E-state index contributed by atoms with van der Waals surface area (Å²) >= 11 is 8.59. The van der Waals surface area contributed by atoms with E-state index in [4.69, 9.17) is 0 Å². The maximum absolute atomic E-state index is 13.5. The smallest absolute Gasteiger partial charge is 0.137 e. The highest BCUT2D eigenvalue weighted by Gasteiger charge is 2.16. The fourth-order valence-corrected chi connectivity index (χ4v) is 4.03. The third-order valence-electron chi connectivity index (χ3n) is 3.02. The molecule has 1 heterocycles. The van der Waals surface area contributed by atoms with Crippen molar-refractivity contribution >= 4 is 43.2 Å². The molecule has 0 aliphatic carbocycles. The van der Waals surface area contributed by atoms with Crippen molar-refractivity contribution in [2.24, 2.45) is 0 Å². The molecule has 1 N–H and O–H groups in total. The molecule has 2 aromatic rings. The van der Waals surface area contributed by atoms with Gasteiger partial charge in [0.15, 0.2) is 0 Å². The molecular formula is C14H14Br2FNS. The van der Waals surface area contributed by atoms with Gasteiger partial charge < -0.3 is 5.32 Å². The average molecular weight is 407 g/mol. The number of hydrogen-bond acceptors (Lipinski definition) is 2. The third kappa shape index (κ3) is 3.45. The molecule has 2 rings (SSSR count). The Morgan fingerprint density at radius 2 is 2.11 bits per heavy atom. The minimum atomic E-state index is -0.212. The Kier molecular flexibility index (Phi) is 5.17. The van der Waals surface area contributed by atoms with Crippen LogP contribution in [-0.2, 0) is 6.42 Å². The Bertz CT molecular complexity index is 563. The normalized spacial score (nSPS) is 12.7. The Labute approximate surface area is 133 Å². The van der Waals surface area contributed by atoms with Gasteiger partial charge in [-0.3, -0.25) is 0 Å². The molecule has 5 heteroatoms. The van der Waals surface area contributed by atoms with Crippen LogP contribution in [0.1, 0.15) is 22.0 Å². The molecule has 1 nitrogen and oxygen atoms in total. The molecule has 0 bridgehead atoms. The SMILES string of the molecule is CNC(Cc1cccc(F)c1Br)c1cc(C)c(Br)s1. The summed E-state index contributed by atoms with van der Waals surface area (Å²) in [5.41, 5.74) is 2.21. The first-order valence-corrected chi connectivity index (χ1v) is 8.29. The molecule has 102 valence electrons. The summed E-state index contributed by atoms with van der Waals surface area (Å²) in [6.45, 7) is 2.08. The molecule has 1 aromatic heterocycles. The zero-order chi connectivity index (χ0) is 14.0. The molecule has 0 saturated heterocycles. The van der Waals surface area contributed by atoms with Crippen molar-refractivity contribution in [3.63, 3.8) is 0 Å². The number of likely N-dealkylation sites (N-methyl/N-ethyl adjacent to an activating group) is 1. The van der Waals surface area contributed by atoms with Gasteiger partial charge in [-0.2, -0.15) is 0 Å². The van der Waals surface area contributed by atoms with Crippen LogP contribution in [0.15, 0.2) is 32.5 Å². The van der Waals surface area contributed by atoms with Crippen LogP contribution < -0.4 is 5.32 Å². The van der Waals surface area contributed by atoms with E-state index < -0.39 is 0 Å². The van der Waals surface area contributed by atoms with Crippen LogP contribution in [0.2, 0.25) is 0 Å². The fraction of sp³-hybridized carbons (Fsp3) is 0.286. The predicted molar refractivity (Wildman–Crippen MR) is 86.4 cm³/mol. The Morgan fingerprint density at radius 1 is 1.37 bits per heavy atom. The van der Waals surface area contributed by atoms with E-state index in [2.05, 4.69) is 50.2 Å². The zero-order valence-electron chi connectivity index (χ0n) is 10.6. The second-order valence-corrected chi connectivity index (χ2v) is 7.56. The molecule has 1 aromatic carbocycles. The van der Waals surface area contributed by atoms with Crippen molar-refractivity contribution in [2.45, 2.75) is 19.4 Å². The van der Waals surface area contributed by atoms with E-state index in [0.29, 0.717) is 4.47 Å². The Morgan fingerprint density at radius 3 is 2.68 bits per heavy atom. The molecule has 19 heavy (non-hydrogen) atoms. The lowest BCUT2D eigenvalue weighted by molar-refractivity contribution is 0.587. The van der Waals surface area contributed by atoms with Gasteiger partial charge in [-0.25, -0.2) is 4.39 Å². The molecule has 1 atom stereocenters. The first-order chi connectivity index (χ1) is 9.02. The number of halogens is 3. The first kappa shape index (κ1) is 15.2. The third-order valence-corrected chi connectivity index (χ3v) is 6.16. The lowest BCUT2D eigenvalue weighted by Gasteiger charge is -2.15. The van der Waals surface area contributed by atoms with Gasteiger partial charge >= 0.3 is 0 Å². The van der Waals surface area contributed by atoms with E-state index in [1.807, 2.05) is 13.1 Å². The molecule has 0 aliphatic heterocycles. The van der Waals surface area contributed by atoms with Gasteiger partial charge in [0.25, 0.3) is 0 Å². The summed E-state index contributed by atoms with van der Waals surface area (Å²) in [6.07, 6.45) is 0.751. The van der Waals surface area contributed by atoms with Gasteiger partial charge in [-0.1, -0.05) is 12.1 Å². The van der Waals surface area contributed by atoms with Crippen LogP contribution in [0.3, 0.4) is 0 Å². The number of aryl methyl sites for hydroxylation is 1. The first-order valence-electron chi connectivity index (χ1n) is 5.89. The lowest BCUT2D eigenvalue weighted by Crippen LogP contribution is -2.18. The summed E-state index contributed by atoms with van der Waals surface area (Å²) in [7, 11) is 1.93. The van der Waals surface area contributed by atoms with Crippen LogP contribution >= 0.6 is 43.2 Å². The van der Waals surface area contributed by atoms with Crippen molar-refractivity contribution in [3.05, 3.63) is 54.3 Å². The average Bonchev–Trinajstić information content (AvgIpc) is 2.71. The summed E-state index contributed by atoms with van der Waals surface area (Å²) in [4.78, 5) is 1.25. The highest BCUT2D eigenvalue weighted by molar-refractivity contribution is 9.11. The maximum atomic E-state index is 13.5. The highest BCUT2D eigenvalue weighted by atomic mass is 79.9. The molecule has 0 fully saturated rings. The van der Waals surface area contributed by atoms with Gasteiger partial charge in [0, 0.05) is 10.9 Å². The Balaban J connectivity index is 2.26. The minimum absolute atomic E-state index is 0.188. The topological polar surface area (TPSA) is 12.0 Å². The van der Waals surface area contributed by atoms with Crippen LogP contribution in [0.4, 0.5) is 4.39 Å². The van der Waals surface area contributed by atoms with Crippen molar-refractivity contribution in [3.8, 4) is 0 Å². The number of benzene rings is 1. The molecule has 0 aliphatic rings. The lowest BCUT2D eigenvalue weighted by atomic mass is 10.0. The van der Waals surface area contributed by atoms with E-state index in [9.17, 15) is 4.39 Å². The van der Waals surface area contributed by atoms with Crippen LogP contribution in [-0.4, -0.2) is 7.05 Å². The number of nitrogens with one attached hydrogen (secondary N) is 1. The van der Waals surface area contributed by atoms with Crippen molar-refractivity contribution < 1.29 is 4.39 Å². The number of rotatable bonds is 4. The monoisotopic (exact) mass is 405 g/mol. The zero-order valence-corrected chi connectivity index (χ0v) is 14.6. The summed E-state index contributed by atoms with van der Waals surface area (Å²) in [5.74, 6) is -0.212. The standard InChI is InChI=1S/C14H14Br2FNS/c1-8-6-12(19-14(8)16)11(18-2)7-9-4-3-5-10(17)13(9)15/h3-6,11,18H,7H2,1-2H3. The Hall–Kier alpha value is -0.230. The maximum Gasteiger partial charge on any atom is 0.137 e. The van der Waals surface area contributed by atoms with Gasteiger partial charge in [-0.15, -0.1) is 11.3 Å². The van der Waals surface area contributed by atoms with E-state index >= 15 is 0 Å². The molecule has 1 unspecified atom stereocenters. The van der Waals surface area contributed by atoms with Gasteiger partial charge in [0.05, 0.1) is 8.26 Å². The molecule has 0 spiro atoms. The van der Waals surface area contributed by atoms with E-state index in [0.717, 1.165) is 15.8 Å². The largest absolute Gasteiger partial charge is 0.312 e. The van der Waals surface area contributed by atoms with Crippen LogP contribution in [0, 0.1) is 12.7 Å². The van der Waals surface area contributed by atoms with Crippen LogP contribution in [0.25, 0.3) is 0 Å². The van der Waals surface area contributed by atoms with Crippen molar-refractivity contribution in [2.75, 3.05) is 7.05 Å². The quantitative estimate of drug-likeness (QED) is 0.733. The fourth-order valence-electron chi connectivity index (χ4n) is 1.93. The van der Waals surface area contributed by atoms with E-state index in [1.54, 1.807) is 17.4 Å². The van der Waals surface area contributed by atoms with Gasteiger partial charge in [0.2, 0.25) is 0 Å². The summed E-state index contributed by atoms with van der Waals surface area (Å²) < 4.78 is 15.2. The van der Waals surface area contributed by atoms with Gasteiger partial charge in [0.1, 0.15) is 5.82 Å². The van der Waals surface area contributed by atoms with Crippen molar-refractivity contribution in [1.82, 2.24) is 5.32 Å². The highest BCUT2D eigenvalue weighted by Crippen LogP contribution is 2.34. The van der Waals surface area contributed by atoms with Crippen molar-refractivity contribution in [1.29, 1.82) is 0 Å². The number of hydrogen-bond donors (Lipinski definition) is 1. The molecule has 0 radical (unpaired) electrons. The van der Waals surface area contributed by atoms with Gasteiger partial charge in [-0.05, 0) is 75.5 Å². The predicted octanol–water partition coefficient (Wildman–Crippen LogP) is 5.22. The minimum Gasteiger partial charge on any atom is -0.312 e. The van der Waals surface area contributed by atoms with E-state index in [1.165, 1.54) is 16.5 Å². The molecule has 0 saturated carbocycles.